The number of rotatable bonds is 8. The van der Waals surface area contributed by atoms with Gasteiger partial charge in [-0.2, -0.15) is 15.8 Å². The zero-order valence-electron chi connectivity index (χ0n) is 19.7. The summed E-state index contributed by atoms with van der Waals surface area (Å²) in [5.74, 6) is 0.623. The number of nitriles is 3. The molecule has 0 aliphatic rings. The summed E-state index contributed by atoms with van der Waals surface area (Å²) >= 11 is 2.96. The van der Waals surface area contributed by atoms with E-state index in [-0.39, 0.29) is 11.4 Å². The number of nitrogen functional groups attached to an aromatic ring is 1. The third-order valence-electron chi connectivity index (χ3n) is 5.62. The van der Waals surface area contributed by atoms with Crippen LogP contribution in [0.25, 0.3) is 21.7 Å². The van der Waals surface area contributed by atoms with Gasteiger partial charge in [0.25, 0.3) is 0 Å². The Hall–Kier alpha value is -4.16. The van der Waals surface area contributed by atoms with Crippen LogP contribution in [0.5, 0.6) is 0 Å². The first-order valence-corrected chi connectivity index (χ1v) is 13.1. The highest BCUT2D eigenvalue weighted by molar-refractivity contribution is 7.98. The Morgan fingerprint density at radius 1 is 0.917 bits per heavy atom. The van der Waals surface area contributed by atoms with Crippen molar-refractivity contribution in [2.75, 3.05) is 5.73 Å². The quantitative estimate of drug-likeness (QED) is 0.210. The van der Waals surface area contributed by atoms with E-state index in [9.17, 15) is 10.5 Å². The highest BCUT2D eigenvalue weighted by atomic mass is 32.2. The number of hydrogen-bond donors (Lipinski definition) is 1. The highest BCUT2D eigenvalue weighted by Gasteiger charge is 2.21. The lowest BCUT2D eigenvalue weighted by atomic mass is 9.95. The topological polar surface area (TPSA) is 123 Å². The van der Waals surface area contributed by atoms with E-state index in [1.807, 2.05) is 29.6 Å². The largest absolute Gasteiger partial charge is 0.383 e. The summed E-state index contributed by atoms with van der Waals surface area (Å²) in [5.41, 5.74) is 12.2. The molecule has 0 bridgehead atoms. The maximum atomic E-state index is 10.0. The van der Waals surface area contributed by atoms with E-state index in [4.69, 9.17) is 16.0 Å². The van der Waals surface area contributed by atoms with Crippen LogP contribution in [-0.2, 0) is 12.2 Å². The molecule has 0 radical (unpaired) electrons. The van der Waals surface area contributed by atoms with Crippen molar-refractivity contribution in [1.29, 1.82) is 15.8 Å². The van der Waals surface area contributed by atoms with Crippen molar-refractivity contribution in [3.05, 3.63) is 81.9 Å². The van der Waals surface area contributed by atoms with E-state index in [2.05, 4.69) is 54.4 Å². The average molecular weight is 507 g/mol. The molecule has 176 valence electrons. The van der Waals surface area contributed by atoms with Crippen LogP contribution >= 0.6 is 23.1 Å². The second-order valence-electron chi connectivity index (χ2n) is 8.16. The molecule has 0 atom stereocenters. The van der Waals surface area contributed by atoms with Crippen LogP contribution in [0.3, 0.4) is 0 Å². The van der Waals surface area contributed by atoms with Gasteiger partial charge in [-0.3, -0.25) is 0 Å². The number of anilines is 1. The van der Waals surface area contributed by atoms with Gasteiger partial charge in [-0.1, -0.05) is 65.9 Å². The van der Waals surface area contributed by atoms with Crippen molar-refractivity contribution in [2.24, 2.45) is 0 Å². The summed E-state index contributed by atoms with van der Waals surface area (Å²) in [6, 6.07) is 22.5. The third-order valence-corrected chi connectivity index (χ3v) is 7.57. The van der Waals surface area contributed by atoms with Crippen LogP contribution in [0.2, 0.25) is 0 Å². The molecule has 2 aromatic heterocycles. The summed E-state index contributed by atoms with van der Waals surface area (Å²) in [5, 5.41) is 32.0. The molecule has 4 aromatic rings. The van der Waals surface area contributed by atoms with Crippen LogP contribution < -0.4 is 5.73 Å². The number of hydrogen-bond acceptors (Lipinski definition) is 8. The minimum absolute atomic E-state index is 0.103. The number of thioether (sulfide) groups is 1. The number of benzene rings is 2. The molecule has 0 aliphatic heterocycles. The number of aromatic nitrogens is 2. The molecule has 8 heteroatoms. The fourth-order valence-electron chi connectivity index (χ4n) is 3.75. The molecular formula is C28H22N6S2. The van der Waals surface area contributed by atoms with Crippen LogP contribution in [0.1, 0.15) is 40.8 Å². The molecule has 0 aliphatic carbocycles. The summed E-state index contributed by atoms with van der Waals surface area (Å²) in [6.45, 7) is 2.05. The molecule has 4 rings (SSSR count). The second kappa shape index (κ2) is 11.5. The molecule has 0 amide bonds. The predicted octanol–water partition coefficient (Wildman–Crippen LogP) is 6.64. The van der Waals surface area contributed by atoms with Crippen molar-refractivity contribution in [1.82, 2.24) is 9.97 Å². The van der Waals surface area contributed by atoms with Gasteiger partial charge in [0.15, 0.2) is 0 Å². The number of pyridine rings is 1. The number of aryl methyl sites for hydroxylation is 2. The first-order valence-electron chi connectivity index (χ1n) is 11.3. The molecule has 6 nitrogen and oxygen atoms in total. The fourth-order valence-corrected chi connectivity index (χ4v) is 5.56. The van der Waals surface area contributed by atoms with E-state index in [0.717, 1.165) is 40.2 Å². The molecular weight excluding hydrogens is 484 g/mol. The number of nitrogens with zero attached hydrogens (tertiary/aromatic N) is 5. The molecule has 2 aromatic carbocycles. The molecule has 0 fully saturated rings. The normalized spacial score (nSPS) is 10.4. The Morgan fingerprint density at radius 2 is 1.61 bits per heavy atom. The van der Waals surface area contributed by atoms with Crippen LogP contribution in [0, 0.1) is 40.9 Å². The van der Waals surface area contributed by atoms with E-state index < -0.39 is 0 Å². The van der Waals surface area contributed by atoms with Gasteiger partial charge in [0.1, 0.15) is 33.6 Å². The number of nitrogens with two attached hydrogens (primary N) is 1. The van der Waals surface area contributed by atoms with Crippen molar-refractivity contribution < 1.29 is 0 Å². The molecule has 0 spiro atoms. The Balaban J connectivity index is 1.61. The first kappa shape index (κ1) is 24.9. The monoisotopic (exact) mass is 506 g/mol. The smallest absolute Gasteiger partial charge is 0.143 e. The van der Waals surface area contributed by atoms with Crippen LogP contribution in [-0.4, -0.2) is 9.97 Å². The predicted molar refractivity (Wildman–Crippen MR) is 144 cm³/mol. The second-order valence-corrected chi connectivity index (χ2v) is 9.98. The zero-order valence-corrected chi connectivity index (χ0v) is 21.3. The van der Waals surface area contributed by atoms with Gasteiger partial charge >= 0.3 is 0 Å². The lowest BCUT2D eigenvalue weighted by Gasteiger charge is -2.13. The van der Waals surface area contributed by atoms with Gasteiger partial charge in [0.05, 0.1) is 17.3 Å². The van der Waals surface area contributed by atoms with Crippen molar-refractivity contribution in [3.8, 4) is 39.9 Å². The summed E-state index contributed by atoms with van der Waals surface area (Å²) in [7, 11) is 0. The van der Waals surface area contributed by atoms with E-state index >= 15 is 0 Å². The van der Waals surface area contributed by atoms with Gasteiger partial charge in [-0.15, -0.1) is 11.3 Å². The maximum absolute atomic E-state index is 10.0. The minimum atomic E-state index is 0.103. The highest BCUT2D eigenvalue weighted by Crippen LogP contribution is 2.37. The van der Waals surface area contributed by atoms with Gasteiger partial charge in [0.2, 0.25) is 0 Å². The van der Waals surface area contributed by atoms with E-state index in [1.165, 1.54) is 17.3 Å². The summed E-state index contributed by atoms with van der Waals surface area (Å²) in [4.78, 5) is 9.14. The van der Waals surface area contributed by atoms with Crippen molar-refractivity contribution in [3.63, 3.8) is 0 Å². The van der Waals surface area contributed by atoms with Crippen molar-refractivity contribution in [2.45, 2.75) is 37.0 Å². The zero-order chi connectivity index (χ0) is 25.5. The lowest BCUT2D eigenvalue weighted by Crippen LogP contribution is -2.03. The SMILES string of the molecule is Cc1ccc(-c2nc(CSc3nc(N)c(C#N)c(-c4ccc(CCCC#N)cc4)c3C#N)cs2)cc1. The molecule has 2 heterocycles. The average Bonchev–Trinajstić information content (AvgIpc) is 3.37. The Bertz CT molecular complexity index is 1500. The molecule has 36 heavy (non-hydrogen) atoms. The summed E-state index contributed by atoms with van der Waals surface area (Å²) in [6.07, 6.45) is 2.09. The third kappa shape index (κ3) is 5.56. The Morgan fingerprint density at radius 3 is 2.28 bits per heavy atom. The minimum Gasteiger partial charge on any atom is -0.383 e. The standard InChI is InChI=1S/C28H22N6S2/c1-18-5-9-21(10-6-18)27-33-22(16-35-27)17-36-28-24(15-31)25(23(14-30)26(32)34-28)20-11-7-19(8-12-20)4-2-3-13-29/h5-12,16H,2-4,17H2,1H3,(H2,32,34). The summed E-state index contributed by atoms with van der Waals surface area (Å²) < 4.78 is 0. The number of unbranched alkanes of at least 4 members (excludes halogenated alkanes) is 1. The van der Waals surface area contributed by atoms with E-state index in [1.54, 1.807) is 11.3 Å². The number of thiazole rings is 1. The lowest BCUT2D eigenvalue weighted by molar-refractivity contribution is 0.850. The maximum Gasteiger partial charge on any atom is 0.143 e. The van der Waals surface area contributed by atoms with E-state index in [0.29, 0.717) is 28.3 Å². The Labute approximate surface area is 218 Å². The molecule has 0 saturated carbocycles. The van der Waals surface area contributed by atoms with Crippen LogP contribution in [0.15, 0.2) is 58.9 Å². The van der Waals surface area contributed by atoms with Crippen LogP contribution in [0.4, 0.5) is 5.82 Å². The molecule has 0 unspecified atom stereocenters. The van der Waals surface area contributed by atoms with Gasteiger partial charge in [-0.25, -0.2) is 9.97 Å². The van der Waals surface area contributed by atoms with Gasteiger partial charge < -0.3 is 5.73 Å². The van der Waals surface area contributed by atoms with Crippen molar-refractivity contribution >= 4 is 28.9 Å². The fraction of sp³-hybridized carbons (Fsp3) is 0.179. The van der Waals surface area contributed by atoms with Gasteiger partial charge in [0, 0.05) is 28.7 Å². The Kier molecular flexibility index (Phi) is 7.98. The first-order chi connectivity index (χ1) is 17.5. The van der Waals surface area contributed by atoms with Gasteiger partial charge in [-0.05, 0) is 30.9 Å². The molecule has 0 saturated heterocycles. The molecule has 2 N–H and O–H groups in total.